The Hall–Kier alpha value is -3.02. The highest BCUT2D eigenvalue weighted by Crippen LogP contribution is 2.30. The molecule has 0 saturated carbocycles. The molecular formula is C18H21N3O3. The van der Waals surface area contributed by atoms with Crippen molar-refractivity contribution >= 4 is 17.3 Å². The second kappa shape index (κ2) is 8.01. The van der Waals surface area contributed by atoms with E-state index in [4.69, 9.17) is 0 Å². The Kier molecular flexibility index (Phi) is 5.78. The van der Waals surface area contributed by atoms with Gasteiger partial charge in [0.05, 0.1) is 12.3 Å². The molecule has 0 heterocycles. The van der Waals surface area contributed by atoms with Gasteiger partial charge in [-0.1, -0.05) is 25.1 Å². The molecule has 0 aromatic heterocycles. The Bertz CT molecular complexity index is 743. The summed E-state index contributed by atoms with van der Waals surface area (Å²) in [5.41, 5.74) is 4.72. The van der Waals surface area contributed by atoms with Crippen LogP contribution in [0.15, 0.2) is 47.6 Å². The number of hydrazone groups is 1. The van der Waals surface area contributed by atoms with Gasteiger partial charge in [-0.05, 0) is 37.6 Å². The number of nitrogens with one attached hydrogen (secondary N) is 2. The molecule has 0 aliphatic rings. The first-order valence-corrected chi connectivity index (χ1v) is 7.69. The molecule has 2 aromatic rings. The van der Waals surface area contributed by atoms with E-state index in [1.807, 2.05) is 37.3 Å². The maximum atomic E-state index is 11.9. The van der Waals surface area contributed by atoms with E-state index < -0.39 is 0 Å². The van der Waals surface area contributed by atoms with Gasteiger partial charge in [0.2, 0.25) is 0 Å². The lowest BCUT2D eigenvalue weighted by atomic mass is 10.0. The van der Waals surface area contributed by atoms with Gasteiger partial charge in [-0.2, -0.15) is 5.10 Å². The molecule has 0 aliphatic carbocycles. The number of amides is 1. The van der Waals surface area contributed by atoms with Gasteiger partial charge >= 0.3 is 0 Å². The third-order valence-corrected chi connectivity index (χ3v) is 3.59. The monoisotopic (exact) mass is 327 g/mol. The SMILES string of the molecule is CC/C(=N\NC(=O)CNc1ccccc1)c1ccc(O)c(C)c1O. The van der Waals surface area contributed by atoms with Crippen LogP contribution in [0.5, 0.6) is 11.5 Å². The van der Waals surface area contributed by atoms with Crippen LogP contribution < -0.4 is 10.7 Å². The molecule has 4 N–H and O–H groups in total. The van der Waals surface area contributed by atoms with Crippen LogP contribution in [-0.4, -0.2) is 28.4 Å². The number of hydrogen-bond donors (Lipinski definition) is 4. The summed E-state index contributed by atoms with van der Waals surface area (Å²) in [6.45, 7) is 3.57. The van der Waals surface area contributed by atoms with Crippen molar-refractivity contribution in [1.29, 1.82) is 0 Å². The topological polar surface area (TPSA) is 94.0 Å². The fourth-order valence-electron chi connectivity index (χ4n) is 2.16. The number of anilines is 1. The third kappa shape index (κ3) is 4.25. The quantitative estimate of drug-likeness (QED) is 0.485. The number of carbonyl (C=O) groups is 1. The van der Waals surface area contributed by atoms with Crippen molar-refractivity contribution in [3.05, 3.63) is 53.6 Å². The maximum Gasteiger partial charge on any atom is 0.259 e. The van der Waals surface area contributed by atoms with Crippen LogP contribution in [0.1, 0.15) is 24.5 Å². The summed E-state index contributed by atoms with van der Waals surface area (Å²) in [4.78, 5) is 11.9. The van der Waals surface area contributed by atoms with Crippen LogP contribution in [0, 0.1) is 6.92 Å². The second-order valence-corrected chi connectivity index (χ2v) is 5.27. The van der Waals surface area contributed by atoms with Crippen molar-refractivity contribution in [2.75, 3.05) is 11.9 Å². The van der Waals surface area contributed by atoms with Gasteiger partial charge in [-0.25, -0.2) is 5.43 Å². The number of nitrogens with zero attached hydrogens (tertiary/aromatic N) is 1. The van der Waals surface area contributed by atoms with Crippen molar-refractivity contribution in [2.24, 2.45) is 5.10 Å². The molecule has 0 bridgehead atoms. The van der Waals surface area contributed by atoms with Crippen LogP contribution >= 0.6 is 0 Å². The minimum absolute atomic E-state index is 0.0165. The maximum absolute atomic E-state index is 11.9. The van der Waals surface area contributed by atoms with Crippen molar-refractivity contribution in [1.82, 2.24) is 5.43 Å². The van der Waals surface area contributed by atoms with E-state index >= 15 is 0 Å². The minimum Gasteiger partial charge on any atom is -0.508 e. The Balaban J connectivity index is 2.03. The van der Waals surface area contributed by atoms with Crippen LogP contribution in [-0.2, 0) is 4.79 Å². The number of rotatable bonds is 6. The second-order valence-electron chi connectivity index (χ2n) is 5.27. The molecule has 0 saturated heterocycles. The number of para-hydroxylation sites is 1. The number of aromatic hydroxyl groups is 2. The standard InChI is InChI=1S/C18H21N3O3/c1-3-15(14-9-10-16(22)12(2)18(14)24)20-21-17(23)11-19-13-7-5-4-6-8-13/h4-10,19,22,24H,3,11H2,1-2H3,(H,21,23)/b20-15+. The Labute approximate surface area is 140 Å². The van der Waals surface area contributed by atoms with E-state index in [1.165, 1.54) is 6.07 Å². The molecule has 0 aliphatic heterocycles. The van der Waals surface area contributed by atoms with Gasteiger partial charge in [0.25, 0.3) is 5.91 Å². The average Bonchev–Trinajstić information content (AvgIpc) is 2.61. The van der Waals surface area contributed by atoms with E-state index in [0.29, 0.717) is 23.3 Å². The van der Waals surface area contributed by atoms with Gasteiger partial charge in [0, 0.05) is 16.8 Å². The van der Waals surface area contributed by atoms with E-state index in [-0.39, 0.29) is 24.0 Å². The van der Waals surface area contributed by atoms with Crippen LogP contribution in [0.2, 0.25) is 0 Å². The molecule has 6 heteroatoms. The number of hydrogen-bond acceptors (Lipinski definition) is 5. The highest BCUT2D eigenvalue weighted by molar-refractivity contribution is 6.03. The summed E-state index contributed by atoms with van der Waals surface area (Å²) >= 11 is 0. The molecule has 6 nitrogen and oxygen atoms in total. The Morgan fingerprint density at radius 3 is 2.50 bits per heavy atom. The van der Waals surface area contributed by atoms with E-state index in [2.05, 4.69) is 15.8 Å². The summed E-state index contributed by atoms with van der Waals surface area (Å²) in [7, 11) is 0. The third-order valence-electron chi connectivity index (χ3n) is 3.59. The fraction of sp³-hybridized carbons (Fsp3) is 0.222. The number of phenolic OH excluding ortho intramolecular Hbond substituents is 2. The molecule has 24 heavy (non-hydrogen) atoms. The molecule has 0 fully saturated rings. The zero-order valence-electron chi connectivity index (χ0n) is 13.7. The van der Waals surface area contributed by atoms with Crippen LogP contribution in [0.4, 0.5) is 5.69 Å². The van der Waals surface area contributed by atoms with Crippen LogP contribution in [0.3, 0.4) is 0 Å². The van der Waals surface area contributed by atoms with E-state index in [1.54, 1.807) is 13.0 Å². The summed E-state index contributed by atoms with van der Waals surface area (Å²) in [5, 5.41) is 26.8. The van der Waals surface area contributed by atoms with Crippen molar-refractivity contribution < 1.29 is 15.0 Å². The van der Waals surface area contributed by atoms with Crippen molar-refractivity contribution in [3.8, 4) is 11.5 Å². The average molecular weight is 327 g/mol. The Morgan fingerprint density at radius 2 is 1.83 bits per heavy atom. The Morgan fingerprint density at radius 1 is 1.12 bits per heavy atom. The zero-order valence-corrected chi connectivity index (χ0v) is 13.7. The van der Waals surface area contributed by atoms with Gasteiger partial charge in [0.15, 0.2) is 0 Å². The first kappa shape index (κ1) is 17.3. The lowest BCUT2D eigenvalue weighted by molar-refractivity contribution is -0.119. The molecule has 0 unspecified atom stereocenters. The predicted molar refractivity (Wildman–Crippen MR) is 94.4 cm³/mol. The van der Waals surface area contributed by atoms with Crippen LogP contribution in [0.25, 0.3) is 0 Å². The zero-order chi connectivity index (χ0) is 17.5. The molecule has 2 rings (SSSR count). The summed E-state index contributed by atoms with van der Waals surface area (Å²) < 4.78 is 0. The molecular weight excluding hydrogens is 306 g/mol. The summed E-state index contributed by atoms with van der Waals surface area (Å²) in [6.07, 6.45) is 0.518. The molecule has 1 amide bonds. The lowest BCUT2D eigenvalue weighted by Gasteiger charge is -2.11. The number of carbonyl (C=O) groups excluding carboxylic acids is 1. The van der Waals surface area contributed by atoms with Gasteiger partial charge in [0.1, 0.15) is 11.5 Å². The number of phenols is 2. The number of benzene rings is 2. The fourth-order valence-corrected chi connectivity index (χ4v) is 2.16. The summed E-state index contributed by atoms with van der Waals surface area (Å²) in [5.74, 6) is -0.310. The normalized spacial score (nSPS) is 11.2. The summed E-state index contributed by atoms with van der Waals surface area (Å²) in [6, 6.07) is 12.5. The molecule has 0 radical (unpaired) electrons. The predicted octanol–water partition coefficient (Wildman–Crippen LogP) is 2.75. The minimum atomic E-state index is -0.292. The smallest absolute Gasteiger partial charge is 0.259 e. The molecule has 0 atom stereocenters. The van der Waals surface area contributed by atoms with Gasteiger partial charge in [-0.15, -0.1) is 0 Å². The first-order chi connectivity index (χ1) is 11.5. The highest BCUT2D eigenvalue weighted by Gasteiger charge is 2.13. The molecule has 2 aromatic carbocycles. The van der Waals surface area contributed by atoms with E-state index in [0.717, 1.165) is 5.69 Å². The lowest BCUT2D eigenvalue weighted by Crippen LogP contribution is -2.27. The first-order valence-electron chi connectivity index (χ1n) is 7.69. The largest absolute Gasteiger partial charge is 0.508 e. The van der Waals surface area contributed by atoms with Crippen molar-refractivity contribution in [2.45, 2.75) is 20.3 Å². The highest BCUT2D eigenvalue weighted by atomic mass is 16.3. The van der Waals surface area contributed by atoms with Gasteiger partial charge in [-0.3, -0.25) is 4.79 Å². The van der Waals surface area contributed by atoms with Crippen molar-refractivity contribution in [3.63, 3.8) is 0 Å². The molecule has 126 valence electrons. The molecule has 0 spiro atoms. The van der Waals surface area contributed by atoms with Gasteiger partial charge < -0.3 is 15.5 Å². The van der Waals surface area contributed by atoms with E-state index in [9.17, 15) is 15.0 Å².